The van der Waals surface area contributed by atoms with E-state index in [1.807, 2.05) is 0 Å². The highest BCUT2D eigenvalue weighted by atomic mass is 14.2. The van der Waals surface area contributed by atoms with Crippen molar-refractivity contribution in [3.8, 4) is 55.6 Å². The summed E-state index contributed by atoms with van der Waals surface area (Å²) >= 11 is 0. The van der Waals surface area contributed by atoms with Crippen LogP contribution in [0.15, 0.2) is 206 Å². The molecule has 0 saturated heterocycles. The monoisotopic (exact) mass is 658 g/mol. The van der Waals surface area contributed by atoms with E-state index >= 15 is 0 Å². The second-order valence-corrected chi connectivity index (χ2v) is 13.6. The third-order valence-electron chi connectivity index (χ3n) is 10.6. The first kappa shape index (κ1) is 30.1. The van der Waals surface area contributed by atoms with Crippen LogP contribution >= 0.6 is 0 Å². The van der Waals surface area contributed by atoms with Gasteiger partial charge in [0.05, 0.1) is 0 Å². The summed E-state index contributed by atoms with van der Waals surface area (Å²) in [5, 5.41) is 10.1. The van der Waals surface area contributed by atoms with Crippen LogP contribution in [0.5, 0.6) is 0 Å². The summed E-state index contributed by atoms with van der Waals surface area (Å²) in [7, 11) is 0. The standard InChI is InChI=1S/C52H34/c1-2-14-36(15-3-1)45-32-31-37-16-6-7-20-44(37)50(45)38-26-28-39(29-27-38)51-46-21-8-10-23-48(46)52(49-24-11-9-22-47(49)51)43-19-12-18-41(34-43)42-30-25-35-13-4-5-17-40(35)33-42/h1-34H. The Bertz CT molecular complexity index is 2880. The van der Waals surface area contributed by atoms with Crippen molar-refractivity contribution in [2.45, 2.75) is 0 Å². The molecule has 0 aromatic heterocycles. The van der Waals surface area contributed by atoms with E-state index in [-0.39, 0.29) is 0 Å². The molecule has 10 rings (SSSR count). The molecule has 0 heterocycles. The van der Waals surface area contributed by atoms with Crippen LogP contribution in [-0.4, -0.2) is 0 Å². The lowest BCUT2D eigenvalue weighted by Gasteiger charge is -2.19. The predicted octanol–water partition coefficient (Wildman–Crippen LogP) is 14.6. The molecule has 0 spiro atoms. The van der Waals surface area contributed by atoms with Gasteiger partial charge in [0.2, 0.25) is 0 Å². The van der Waals surface area contributed by atoms with Gasteiger partial charge in [0, 0.05) is 0 Å². The highest BCUT2D eigenvalue weighted by Gasteiger charge is 2.18. The van der Waals surface area contributed by atoms with Crippen molar-refractivity contribution in [3.05, 3.63) is 206 Å². The fourth-order valence-electron chi connectivity index (χ4n) is 8.22. The minimum absolute atomic E-state index is 1.22. The lowest BCUT2D eigenvalue weighted by molar-refractivity contribution is 1.60. The largest absolute Gasteiger partial charge is 0.0622 e. The summed E-state index contributed by atoms with van der Waals surface area (Å²) in [5.41, 5.74) is 12.4. The van der Waals surface area contributed by atoms with Crippen LogP contribution in [0.3, 0.4) is 0 Å². The third kappa shape index (κ3) is 5.08. The average Bonchev–Trinajstić information content (AvgIpc) is 3.22. The SMILES string of the molecule is c1ccc(-c2ccc3ccccc3c2-c2ccc(-c3c4ccccc4c(-c4cccc(-c5ccc6ccccc6c5)c4)c4ccccc34)cc2)cc1. The van der Waals surface area contributed by atoms with Crippen molar-refractivity contribution in [1.29, 1.82) is 0 Å². The summed E-state index contributed by atoms with van der Waals surface area (Å²) in [6.45, 7) is 0. The van der Waals surface area contributed by atoms with E-state index in [1.165, 1.54) is 98.7 Å². The quantitative estimate of drug-likeness (QED) is 0.161. The molecule has 52 heavy (non-hydrogen) atoms. The first-order valence-electron chi connectivity index (χ1n) is 18.0. The lowest BCUT2D eigenvalue weighted by atomic mass is 9.84. The van der Waals surface area contributed by atoms with E-state index in [4.69, 9.17) is 0 Å². The van der Waals surface area contributed by atoms with Gasteiger partial charge in [0.15, 0.2) is 0 Å². The van der Waals surface area contributed by atoms with Gasteiger partial charge in [-0.2, -0.15) is 0 Å². The Labute approximate surface area is 303 Å². The maximum Gasteiger partial charge on any atom is -0.00262 e. The van der Waals surface area contributed by atoms with Gasteiger partial charge in [0.25, 0.3) is 0 Å². The van der Waals surface area contributed by atoms with Gasteiger partial charge < -0.3 is 0 Å². The smallest absolute Gasteiger partial charge is 0.00262 e. The van der Waals surface area contributed by atoms with E-state index in [9.17, 15) is 0 Å². The topological polar surface area (TPSA) is 0 Å². The Balaban J connectivity index is 1.14. The van der Waals surface area contributed by atoms with Crippen LogP contribution in [0.25, 0.3) is 98.7 Å². The zero-order valence-electron chi connectivity index (χ0n) is 28.6. The summed E-state index contributed by atoms with van der Waals surface area (Å²) in [6.07, 6.45) is 0. The Morgan fingerprint density at radius 3 is 1.31 bits per heavy atom. The molecule has 0 bridgehead atoms. The molecular formula is C52H34. The normalized spacial score (nSPS) is 11.5. The molecule has 0 nitrogen and oxygen atoms in total. The van der Waals surface area contributed by atoms with E-state index in [1.54, 1.807) is 0 Å². The molecule has 0 aliphatic rings. The molecule has 10 aromatic rings. The van der Waals surface area contributed by atoms with E-state index in [2.05, 4.69) is 206 Å². The molecule has 0 aliphatic carbocycles. The van der Waals surface area contributed by atoms with Crippen molar-refractivity contribution < 1.29 is 0 Å². The molecule has 0 heteroatoms. The summed E-state index contributed by atoms with van der Waals surface area (Å²) in [4.78, 5) is 0. The molecule has 0 radical (unpaired) electrons. The molecule has 0 aliphatic heterocycles. The Morgan fingerprint density at radius 1 is 0.192 bits per heavy atom. The number of rotatable bonds is 5. The fraction of sp³-hybridized carbons (Fsp3) is 0. The molecule has 0 atom stereocenters. The zero-order valence-corrected chi connectivity index (χ0v) is 28.6. The number of benzene rings is 10. The van der Waals surface area contributed by atoms with Crippen LogP contribution < -0.4 is 0 Å². The first-order chi connectivity index (χ1) is 25.8. The van der Waals surface area contributed by atoms with Crippen LogP contribution in [0.2, 0.25) is 0 Å². The molecule has 0 saturated carbocycles. The number of hydrogen-bond acceptors (Lipinski definition) is 0. The van der Waals surface area contributed by atoms with Gasteiger partial charge in [-0.1, -0.05) is 194 Å². The molecule has 0 fully saturated rings. The van der Waals surface area contributed by atoms with Crippen molar-refractivity contribution in [3.63, 3.8) is 0 Å². The van der Waals surface area contributed by atoms with Crippen LogP contribution in [0.1, 0.15) is 0 Å². The van der Waals surface area contributed by atoms with Crippen LogP contribution in [-0.2, 0) is 0 Å². The van der Waals surface area contributed by atoms with Gasteiger partial charge in [-0.15, -0.1) is 0 Å². The average molecular weight is 659 g/mol. The maximum atomic E-state index is 2.36. The third-order valence-corrected chi connectivity index (χ3v) is 10.6. The number of fused-ring (bicyclic) bond motifs is 4. The molecule has 242 valence electrons. The van der Waals surface area contributed by atoms with Gasteiger partial charge in [-0.3, -0.25) is 0 Å². The molecule has 0 amide bonds. The Kier molecular flexibility index (Phi) is 7.25. The van der Waals surface area contributed by atoms with Crippen LogP contribution in [0, 0.1) is 0 Å². The number of hydrogen-bond donors (Lipinski definition) is 0. The zero-order chi connectivity index (χ0) is 34.4. The minimum Gasteiger partial charge on any atom is -0.0622 e. The lowest BCUT2D eigenvalue weighted by Crippen LogP contribution is -1.92. The van der Waals surface area contributed by atoms with Crippen molar-refractivity contribution in [1.82, 2.24) is 0 Å². The van der Waals surface area contributed by atoms with Crippen molar-refractivity contribution in [2.75, 3.05) is 0 Å². The summed E-state index contributed by atoms with van der Waals surface area (Å²) < 4.78 is 0. The van der Waals surface area contributed by atoms with E-state index in [0.29, 0.717) is 0 Å². The molecule has 0 unspecified atom stereocenters. The minimum atomic E-state index is 1.22. The van der Waals surface area contributed by atoms with Crippen molar-refractivity contribution in [2.24, 2.45) is 0 Å². The van der Waals surface area contributed by atoms with Gasteiger partial charge in [0.1, 0.15) is 0 Å². The van der Waals surface area contributed by atoms with E-state index < -0.39 is 0 Å². The first-order valence-corrected chi connectivity index (χ1v) is 18.0. The van der Waals surface area contributed by atoms with Crippen molar-refractivity contribution >= 4 is 43.1 Å². The second kappa shape index (κ2) is 12.5. The van der Waals surface area contributed by atoms with Gasteiger partial charge in [-0.25, -0.2) is 0 Å². The summed E-state index contributed by atoms with van der Waals surface area (Å²) in [5.74, 6) is 0. The predicted molar refractivity (Wildman–Crippen MR) is 224 cm³/mol. The molecular weight excluding hydrogens is 625 g/mol. The maximum absolute atomic E-state index is 2.36. The van der Waals surface area contributed by atoms with Gasteiger partial charge in [-0.05, 0) is 111 Å². The van der Waals surface area contributed by atoms with Crippen LogP contribution in [0.4, 0.5) is 0 Å². The Hall–Kier alpha value is -6.76. The summed E-state index contributed by atoms with van der Waals surface area (Å²) in [6, 6.07) is 75.5. The highest BCUT2D eigenvalue weighted by Crippen LogP contribution is 2.45. The fourth-order valence-corrected chi connectivity index (χ4v) is 8.22. The Morgan fingerprint density at radius 2 is 0.635 bits per heavy atom. The van der Waals surface area contributed by atoms with Gasteiger partial charge >= 0.3 is 0 Å². The molecule has 10 aromatic carbocycles. The second-order valence-electron chi connectivity index (χ2n) is 13.6. The highest BCUT2D eigenvalue weighted by molar-refractivity contribution is 6.21. The molecule has 0 N–H and O–H groups in total. The van der Waals surface area contributed by atoms with E-state index in [0.717, 1.165) is 0 Å².